The number of aromatic nitrogens is 2. The Morgan fingerprint density at radius 3 is 2.77 bits per heavy atom. The van der Waals surface area contributed by atoms with E-state index in [-0.39, 0.29) is 5.75 Å². The van der Waals surface area contributed by atoms with Crippen LogP contribution in [0.4, 0.5) is 0 Å². The van der Waals surface area contributed by atoms with Crippen molar-refractivity contribution in [1.82, 2.24) is 9.97 Å². The fraction of sp³-hybridized carbons (Fsp3) is 0.429. The van der Waals surface area contributed by atoms with Gasteiger partial charge in [-0.1, -0.05) is 0 Å². The first-order valence-electron chi connectivity index (χ1n) is 3.68. The normalized spacial score (nSPS) is 11.5. The van der Waals surface area contributed by atoms with Gasteiger partial charge < -0.3 is 4.98 Å². The highest BCUT2D eigenvalue weighted by molar-refractivity contribution is 7.90. The van der Waals surface area contributed by atoms with Crippen LogP contribution >= 0.6 is 0 Å². The molecule has 6 heteroatoms. The molecule has 0 saturated heterocycles. The van der Waals surface area contributed by atoms with Crippen LogP contribution in [0.15, 0.2) is 6.20 Å². The SMILES string of the molecule is CS(=O)(=O)CCc1ncc(C=O)[nH]1. The summed E-state index contributed by atoms with van der Waals surface area (Å²) in [5.41, 5.74) is 0.364. The number of carbonyl (C=O) groups excluding carboxylic acids is 1. The van der Waals surface area contributed by atoms with Gasteiger partial charge in [0.2, 0.25) is 0 Å². The molecule has 0 atom stereocenters. The van der Waals surface area contributed by atoms with Gasteiger partial charge in [-0.2, -0.15) is 0 Å². The van der Waals surface area contributed by atoms with Crippen LogP contribution in [0.25, 0.3) is 0 Å². The molecule has 0 spiro atoms. The second-order valence-electron chi connectivity index (χ2n) is 2.78. The second kappa shape index (κ2) is 3.69. The summed E-state index contributed by atoms with van der Waals surface area (Å²) < 4.78 is 21.5. The van der Waals surface area contributed by atoms with Crippen molar-refractivity contribution in [3.63, 3.8) is 0 Å². The van der Waals surface area contributed by atoms with Gasteiger partial charge in [-0.05, 0) is 0 Å². The first-order valence-corrected chi connectivity index (χ1v) is 5.74. The molecule has 0 aliphatic carbocycles. The molecule has 1 aromatic rings. The van der Waals surface area contributed by atoms with Gasteiger partial charge in [0.1, 0.15) is 15.7 Å². The molecule has 0 radical (unpaired) electrons. The summed E-state index contributed by atoms with van der Waals surface area (Å²) in [4.78, 5) is 16.8. The number of H-pyrrole nitrogens is 1. The van der Waals surface area contributed by atoms with Crippen LogP contribution in [-0.2, 0) is 16.3 Å². The molecule has 1 heterocycles. The number of nitrogens with one attached hydrogen (secondary N) is 1. The van der Waals surface area contributed by atoms with Crippen molar-refractivity contribution >= 4 is 16.1 Å². The van der Waals surface area contributed by atoms with Crippen LogP contribution in [0.2, 0.25) is 0 Å². The molecule has 0 aromatic carbocycles. The third-order valence-corrected chi connectivity index (χ3v) is 2.43. The van der Waals surface area contributed by atoms with E-state index in [0.29, 0.717) is 24.2 Å². The lowest BCUT2D eigenvalue weighted by molar-refractivity contribution is 0.111. The second-order valence-corrected chi connectivity index (χ2v) is 5.04. The number of rotatable bonds is 4. The molecule has 5 nitrogen and oxygen atoms in total. The van der Waals surface area contributed by atoms with E-state index in [1.165, 1.54) is 6.20 Å². The Morgan fingerprint density at radius 1 is 1.62 bits per heavy atom. The van der Waals surface area contributed by atoms with Crippen LogP contribution in [0.3, 0.4) is 0 Å². The molecular weight excluding hydrogens is 192 g/mol. The number of hydrogen-bond acceptors (Lipinski definition) is 4. The Balaban J connectivity index is 2.60. The molecule has 0 amide bonds. The van der Waals surface area contributed by atoms with Crippen LogP contribution in [0, 0.1) is 0 Å². The zero-order chi connectivity index (χ0) is 9.90. The smallest absolute Gasteiger partial charge is 0.167 e. The standard InChI is InChI=1S/C7H10N2O3S/c1-13(11,12)3-2-7-8-4-6(5-10)9-7/h4-5H,2-3H2,1H3,(H,8,9). The number of imidazole rings is 1. The van der Waals surface area contributed by atoms with Crippen molar-refractivity contribution in [2.75, 3.05) is 12.0 Å². The summed E-state index contributed by atoms with van der Waals surface area (Å²) in [6, 6.07) is 0. The van der Waals surface area contributed by atoms with E-state index in [4.69, 9.17) is 0 Å². The Bertz CT molecular complexity index is 394. The summed E-state index contributed by atoms with van der Waals surface area (Å²) in [5.74, 6) is 0.561. The zero-order valence-corrected chi connectivity index (χ0v) is 7.97. The van der Waals surface area contributed by atoms with Crippen molar-refractivity contribution in [3.8, 4) is 0 Å². The van der Waals surface area contributed by atoms with Gasteiger partial charge in [-0.25, -0.2) is 13.4 Å². The minimum atomic E-state index is -2.97. The predicted octanol–water partition coefficient (Wildman–Crippen LogP) is -0.191. The first kappa shape index (κ1) is 9.91. The van der Waals surface area contributed by atoms with E-state index < -0.39 is 9.84 Å². The Kier molecular flexibility index (Phi) is 2.82. The summed E-state index contributed by atoms with van der Waals surface area (Å²) in [7, 11) is -2.97. The van der Waals surface area contributed by atoms with E-state index in [1.54, 1.807) is 0 Å². The Hall–Kier alpha value is -1.17. The molecule has 0 saturated carbocycles. The molecule has 1 aromatic heterocycles. The largest absolute Gasteiger partial charge is 0.340 e. The van der Waals surface area contributed by atoms with E-state index in [1.807, 2.05) is 0 Å². The van der Waals surface area contributed by atoms with Gasteiger partial charge in [0.05, 0.1) is 17.6 Å². The fourth-order valence-electron chi connectivity index (χ4n) is 0.848. The lowest BCUT2D eigenvalue weighted by atomic mass is 10.5. The molecule has 72 valence electrons. The highest BCUT2D eigenvalue weighted by Gasteiger charge is 2.05. The number of nitrogens with zero attached hydrogens (tertiary/aromatic N) is 1. The summed E-state index contributed by atoms with van der Waals surface area (Å²) in [6.45, 7) is 0. The summed E-state index contributed by atoms with van der Waals surface area (Å²) >= 11 is 0. The van der Waals surface area contributed by atoms with Crippen LogP contribution < -0.4 is 0 Å². The Labute approximate surface area is 76.1 Å². The molecular formula is C7H10N2O3S. The third kappa shape index (κ3) is 3.37. The maximum absolute atomic E-state index is 10.8. The first-order chi connectivity index (χ1) is 6.01. The number of sulfone groups is 1. The monoisotopic (exact) mass is 202 g/mol. The molecule has 13 heavy (non-hydrogen) atoms. The summed E-state index contributed by atoms with van der Waals surface area (Å²) in [5, 5.41) is 0. The number of aromatic amines is 1. The van der Waals surface area contributed by atoms with Crippen molar-refractivity contribution in [3.05, 3.63) is 17.7 Å². The lowest BCUT2D eigenvalue weighted by Crippen LogP contribution is -2.06. The van der Waals surface area contributed by atoms with E-state index in [2.05, 4.69) is 9.97 Å². The zero-order valence-electron chi connectivity index (χ0n) is 7.15. The van der Waals surface area contributed by atoms with Crippen molar-refractivity contribution in [2.45, 2.75) is 6.42 Å². The molecule has 0 aliphatic heterocycles. The van der Waals surface area contributed by atoms with Gasteiger partial charge in [0.25, 0.3) is 0 Å². The average Bonchev–Trinajstić information content (AvgIpc) is 2.47. The van der Waals surface area contributed by atoms with Crippen LogP contribution in [0.1, 0.15) is 16.3 Å². The molecule has 0 fully saturated rings. The highest BCUT2D eigenvalue weighted by atomic mass is 32.2. The van der Waals surface area contributed by atoms with Gasteiger partial charge in [-0.15, -0.1) is 0 Å². The fourth-order valence-corrected chi connectivity index (χ4v) is 1.41. The highest BCUT2D eigenvalue weighted by Crippen LogP contribution is 1.97. The maximum atomic E-state index is 10.8. The van der Waals surface area contributed by atoms with Gasteiger partial charge >= 0.3 is 0 Å². The van der Waals surface area contributed by atoms with Crippen LogP contribution in [0.5, 0.6) is 0 Å². The molecule has 1 N–H and O–H groups in total. The minimum absolute atomic E-state index is 0.0405. The summed E-state index contributed by atoms with van der Waals surface area (Å²) in [6.07, 6.45) is 3.49. The average molecular weight is 202 g/mol. The van der Waals surface area contributed by atoms with Crippen LogP contribution in [-0.4, -0.2) is 36.7 Å². The molecule has 0 bridgehead atoms. The minimum Gasteiger partial charge on any atom is -0.340 e. The van der Waals surface area contributed by atoms with Crippen molar-refractivity contribution in [2.24, 2.45) is 0 Å². The van der Waals surface area contributed by atoms with Crippen molar-refractivity contribution < 1.29 is 13.2 Å². The van der Waals surface area contributed by atoms with E-state index in [0.717, 1.165) is 6.26 Å². The van der Waals surface area contributed by atoms with E-state index >= 15 is 0 Å². The number of hydrogen-bond donors (Lipinski definition) is 1. The molecule has 0 aliphatic rings. The predicted molar refractivity (Wildman–Crippen MR) is 47.4 cm³/mol. The number of aldehydes is 1. The maximum Gasteiger partial charge on any atom is 0.167 e. The molecule has 1 rings (SSSR count). The number of carbonyl (C=O) groups is 1. The van der Waals surface area contributed by atoms with E-state index in [9.17, 15) is 13.2 Å². The topological polar surface area (TPSA) is 79.9 Å². The van der Waals surface area contributed by atoms with Gasteiger partial charge in [-0.3, -0.25) is 4.79 Å². The van der Waals surface area contributed by atoms with Crippen molar-refractivity contribution in [1.29, 1.82) is 0 Å². The Morgan fingerprint density at radius 2 is 2.31 bits per heavy atom. The van der Waals surface area contributed by atoms with Gasteiger partial charge in [0, 0.05) is 12.7 Å². The lowest BCUT2D eigenvalue weighted by Gasteiger charge is -1.94. The molecule has 0 unspecified atom stereocenters. The number of aryl methyl sites for hydroxylation is 1. The van der Waals surface area contributed by atoms with Gasteiger partial charge in [0.15, 0.2) is 6.29 Å². The quantitative estimate of drug-likeness (QED) is 0.686. The third-order valence-electron chi connectivity index (χ3n) is 1.48.